The number of hydroxylamine groups is 2. The van der Waals surface area contributed by atoms with Crippen molar-refractivity contribution in [2.75, 3.05) is 33.8 Å². The molecular weight excluding hydrogens is 624 g/mol. The zero-order chi connectivity index (χ0) is 35.6. The topological polar surface area (TPSA) is 88.5 Å². The molecule has 0 spiro atoms. The monoisotopic (exact) mass is 688 g/mol. The summed E-state index contributed by atoms with van der Waals surface area (Å²) in [6.07, 6.45) is 7.26. The normalized spacial score (nSPS) is 31.0. The average molecular weight is 689 g/mol. The van der Waals surface area contributed by atoms with Crippen molar-refractivity contribution in [1.29, 1.82) is 0 Å². The highest BCUT2D eigenvalue weighted by molar-refractivity contribution is 5.82. The second-order valence-electron chi connectivity index (χ2n) is 17.1. The first-order chi connectivity index (χ1) is 24.0. The van der Waals surface area contributed by atoms with Crippen molar-refractivity contribution in [3.05, 3.63) is 71.3 Å². The number of fused-ring (bicyclic) bond motifs is 2. The first-order valence-electron chi connectivity index (χ1n) is 19.5. The lowest BCUT2D eigenvalue weighted by Crippen LogP contribution is -2.62. The van der Waals surface area contributed by atoms with Crippen LogP contribution in [0.3, 0.4) is 0 Å². The quantitative estimate of drug-likeness (QED) is 0.223. The number of aliphatic hydroxyl groups excluding tert-OH is 2. The number of carbonyl (C=O) groups is 1. The number of likely N-dealkylation sites (N-methyl/N-ethyl adjacent to an activating group) is 1. The fourth-order valence-corrected chi connectivity index (χ4v) is 10.3. The van der Waals surface area contributed by atoms with E-state index in [0.29, 0.717) is 41.7 Å². The molecule has 1 saturated heterocycles. The molecule has 5 aliphatic rings. The number of benzene rings is 2. The van der Waals surface area contributed by atoms with Crippen molar-refractivity contribution in [1.82, 2.24) is 20.2 Å². The van der Waals surface area contributed by atoms with Crippen LogP contribution in [-0.4, -0.2) is 89.1 Å². The van der Waals surface area contributed by atoms with Gasteiger partial charge in [0.25, 0.3) is 0 Å². The van der Waals surface area contributed by atoms with E-state index in [1.165, 1.54) is 49.7 Å². The number of amides is 1. The van der Waals surface area contributed by atoms with E-state index in [9.17, 15) is 15.0 Å². The number of rotatable bonds is 14. The number of hydrogen-bond acceptors (Lipinski definition) is 7. The lowest BCUT2D eigenvalue weighted by atomic mass is 9.45. The molecule has 7 rings (SSSR count). The Balaban J connectivity index is 1.22. The molecule has 1 amide bonds. The maximum Gasteiger partial charge on any atom is 0.240 e. The molecule has 5 fully saturated rings. The highest BCUT2D eigenvalue weighted by Gasteiger charge is 2.57. The van der Waals surface area contributed by atoms with Crippen LogP contribution in [0.5, 0.6) is 0 Å². The first-order valence-corrected chi connectivity index (χ1v) is 19.5. The molecule has 9 atom stereocenters. The zero-order valence-corrected chi connectivity index (χ0v) is 31.5. The Hall–Kier alpha value is -2.33. The molecule has 2 aromatic carbocycles. The third-order valence-corrected chi connectivity index (χ3v) is 13.2. The summed E-state index contributed by atoms with van der Waals surface area (Å²) in [5.41, 5.74) is 4.03. The maximum atomic E-state index is 14.2. The zero-order valence-electron chi connectivity index (χ0n) is 31.5. The van der Waals surface area contributed by atoms with Gasteiger partial charge < -0.3 is 20.4 Å². The van der Waals surface area contributed by atoms with Crippen LogP contribution in [0.1, 0.15) is 95.4 Å². The number of nitrogens with zero attached hydrogens (tertiary/aromatic N) is 3. The minimum Gasteiger partial charge on any atom is -0.394 e. The summed E-state index contributed by atoms with van der Waals surface area (Å²) in [5, 5.41) is 26.4. The second kappa shape index (κ2) is 16.1. The van der Waals surface area contributed by atoms with Gasteiger partial charge in [0.05, 0.1) is 19.3 Å². The van der Waals surface area contributed by atoms with Crippen LogP contribution in [0.25, 0.3) is 0 Å². The van der Waals surface area contributed by atoms with Crippen LogP contribution in [0.4, 0.5) is 0 Å². The highest BCUT2D eigenvalue weighted by atomic mass is 16.7. The van der Waals surface area contributed by atoms with Crippen LogP contribution >= 0.6 is 0 Å². The summed E-state index contributed by atoms with van der Waals surface area (Å²) in [6.45, 7) is 11.7. The molecule has 2 bridgehead atoms. The molecule has 1 aliphatic heterocycles. The summed E-state index contributed by atoms with van der Waals surface area (Å²) in [6, 6.07) is 19.6. The van der Waals surface area contributed by atoms with E-state index in [1.54, 1.807) is 12.0 Å². The molecule has 3 N–H and O–H groups in total. The lowest BCUT2D eigenvalue weighted by molar-refractivity contribution is -0.183. The predicted molar refractivity (Wildman–Crippen MR) is 199 cm³/mol. The number of nitrogens with one attached hydrogen (secondary N) is 1. The molecule has 4 aliphatic carbocycles. The summed E-state index contributed by atoms with van der Waals surface area (Å²) >= 11 is 0. The third kappa shape index (κ3) is 8.01. The van der Waals surface area contributed by atoms with E-state index < -0.39 is 24.2 Å². The van der Waals surface area contributed by atoms with Gasteiger partial charge in [-0.25, -0.2) is 0 Å². The molecule has 3 unspecified atom stereocenters. The van der Waals surface area contributed by atoms with Crippen LogP contribution in [-0.2, 0) is 22.7 Å². The molecule has 0 radical (unpaired) electrons. The SMILES string of the molecule is CC1[C@@H](NC(=O)[C@@H]2[C@H]([C@H](C)O)C(CO)ON2Cc2cccc(CN(CCN(C)C)C(c3ccccc3)C3CCCCC3)c2)C[C@H]2C[C@@H]1C2(C)C. The number of hydrogen-bond donors (Lipinski definition) is 3. The standard InChI is InChI=1S/C42H64N4O4/c1-28-35-23-34(42(35,3)4)24-36(28)43-41(49)40-38(29(2)48)37(27-47)50-46(40)26-31-15-13-14-30(22-31)25-45(21-20-44(5)6)39(32-16-9-7-10-17-32)33-18-11-8-12-19-33/h7,9-10,13-17,22,28-29,33-40,47-48H,8,11-12,18-21,23-27H2,1-6H3,(H,43,49)/t28?,29-,34+,35-,36-,37?,38+,39?,40-/m0/s1. The van der Waals surface area contributed by atoms with Crippen molar-refractivity contribution in [3.63, 3.8) is 0 Å². The maximum absolute atomic E-state index is 14.2. The van der Waals surface area contributed by atoms with Gasteiger partial charge in [0.2, 0.25) is 5.91 Å². The summed E-state index contributed by atoms with van der Waals surface area (Å²) in [5.74, 6) is 1.63. The highest BCUT2D eigenvalue weighted by Crippen LogP contribution is 2.61. The molecule has 0 aromatic heterocycles. The largest absolute Gasteiger partial charge is 0.394 e. The van der Waals surface area contributed by atoms with E-state index in [1.807, 2.05) is 0 Å². The molecule has 8 nitrogen and oxygen atoms in total. The fourth-order valence-electron chi connectivity index (χ4n) is 10.3. The summed E-state index contributed by atoms with van der Waals surface area (Å²) < 4.78 is 0. The Morgan fingerprint density at radius 3 is 2.38 bits per heavy atom. The predicted octanol–water partition coefficient (Wildman–Crippen LogP) is 6.03. The minimum absolute atomic E-state index is 0.105. The van der Waals surface area contributed by atoms with Crippen molar-refractivity contribution in [2.24, 2.45) is 35.0 Å². The van der Waals surface area contributed by atoms with Gasteiger partial charge in [-0.2, -0.15) is 5.06 Å². The summed E-state index contributed by atoms with van der Waals surface area (Å²) in [7, 11) is 4.30. The van der Waals surface area contributed by atoms with Crippen molar-refractivity contribution in [3.8, 4) is 0 Å². The average Bonchev–Trinajstić information content (AvgIpc) is 3.47. The Morgan fingerprint density at radius 2 is 1.74 bits per heavy atom. The Bertz CT molecular complexity index is 1400. The number of aliphatic hydroxyl groups is 2. The van der Waals surface area contributed by atoms with E-state index in [2.05, 4.69) is 105 Å². The molecule has 8 heteroatoms. The Morgan fingerprint density at radius 1 is 1.02 bits per heavy atom. The van der Waals surface area contributed by atoms with Gasteiger partial charge in [-0.05, 0) is 92.5 Å². The van der Waals surface area contributed by atoms with Crippen LogP contribution in [0, 0.1) is 35.0 Å². The smallest absolute Gasteiger partial charge is 0.240 e. The number of carbonyl (C=O) groups excluding carboxylic acids is 1. The van der Waals surface area contributed by atoms with Crippen LogP contribution in [0.2, 0.25) is 0 Å². The lowest BCUT2D eigenvalue weighted by Gasteiger charge is -2.62. The third-order valence-electron chi connectivity index (χ3n) is 13.2. The molecule has 4 saturated carbocycles. The minimum atomic E-state index is -0.810. The van der Waals surface area contributed by atoms with Gasteiger partial charge in [-0.3, -0.25) is 14.5 Å². The summed E-state index contributed by atoms with van der Waals surface area (Å²) in [4.78, 5) is 25.5. The van der Waals surface area contributed by atoms with Gasteiger partial charge in [0.15, 0.2) is 0 Å². The fraction of sp³-hybridized carbons (Fsp3) is 0.690. The molecule has 50 heavy (non-hydrogen) atoms. The second-order valence-corrected chi connectivity index (χ2v) is 17.1. The van der Waals surface area contributed by atoms with Gasteiger partial charge in [0, 0.05) is 37.6 Å². The van der Waals surface area contributed by atoms with Gasteiger partial charge in [-0.1, -0.05) is 94.6 Å². The van der Waals surface area contributed by atoms with E-state index in [-0.39, 0.29) is 18.6 Å². The van der Waals surface area contributed by atoms with Gasteiger partial charge in [0.1, 0.15) is 12.1 Å². The van der Waals surface area contributed by atoms with Crippen molar-refractivity contribution in [2.45, 2.75) is 116 Å². The Kier molecular flexibility index (Phi) is 12.1. The first kappa shape index (κ1) is 37.4. The Labute approximate surface area is 301 Å². The van der Waals surface area contributed by atoms with Crippen LogP contribution in [0.15, 0.2) is 54.6 Å². The van der Waals surface area contributed by atoms with E-state index in [4.69, 9.17) is 4.84 Å². The molecule has 276 valence electrons. The molecular formula is C42H64N4O4. The molecule has 1 heterocycles. The van der Waals surface area contributed by atoms with Crippen molar-refractivity contribution >= 4 is 5.91 Å². The van der Waals surface area contributed by atoms with Crippen molar-refractivity contribution < 1.29 is 19.8 Å². The van der Waals surface area contributed by atoms with Gasteiger partial charge >= 0.3 is 0 Å². The van der Waals surface area contributed by atoms with E-state index in [0.717, 1.165) is 31.6 Å². The molecule has 2 aromatic rings. The van der Waals surface area contributed by atoms with Gasteiger partial charge in [-0.15, -0.1) is 0 Å². The van der Waals surface area contributed by atoms with E-state index >= 15 is 0 Å². The van der Waals surface area contributed by atoms with Crippen LogP contribution < -0.4 is 5.32 Å².